The van der Waals surface area contributed by atoms with Crippen LogP contribution in [-0.2, 0) is 29.5 Å². The maximum Gasteiger partial charge on any atom is 0.227 e. The zero-order valence-corrected chi connectivity index (χ0v) is 18.5. The monoisotopic (exact) mass is 415 g/mol. The van der Waals surface area contributed by atoms with Crippen LogP contribution in [0.15, 0.2) is 48.0 Å². The van der Waals surface area contributed by atoms with Crippen molar-refractivity contribution in [2.45, 2.75) is 45.6 Å². The highest BCUT2D eigenvalue weighted by molar-refractivity contribution is 7.90. The Balaban J connectivity index is 1.76. The lowest BCUT2D eigenvalue weighted by Gasteiger charge is -2.19. The van der Waals surface area contributed by atoms with Crippen LogP contribution in [0, 0.1) is 12.8 Å². The molecule has 0 radical (unpaired) electrons. The van der Waals surface area contributed by atoms with Crippen molar-refractivity contribution in [1.82, 2.24) is 24.2 Å². The summed E-state index contributed by atoms with van der Waals surface area (Å²) in [6, 6.07) is 8.14. The Morgan fingerprint density at radius 1 is 1.14 bits per heavy atom. The van der Waals surface area contributed by atoms with E-state index in [0.717, 1.165) is 16.9 Å². The average molecular weight is 416 g/mol. The Bertz CT molecular complexity index is 1080. The molecule has 0 atom stereocenters. The van der Waals surface area contributed by atoms with Gasteiger partial charge in [-0.2, -0.15) is 5.10 Å². The van der Waals surface area contributed by atoms with Gasteiger partial charge in [-0.25, -0.2) is 18.1 Å². The summed E-state index contributed by atoms with van der Waals surface area (Å²) in [5.41, 5.74) is 4.22. The number of sulfone groups is 1. The standard InChI is InChI=1S/C21H29N5O2S/c1-16(2)12-25-19(11-22-21(25)29(5,27)28)15-24(4)13-18-10-23-26(14-18)20-9-7-6-8-17(20)3/h6-11,14,16H,12-13,15H2,1-5H3. The van der Waals surface area contributed by atoms with Gasteiger partial charge in [-0.15, -0.1) is 0 Å². The van der Waals surface area contributed by atoms with Crippen molar-refractivity contribution in [2.24, 2.45) is 5.92 Å². The molecule has 1 aromatic carbocycles. The van der Waals surface area contributed by atoms with Crippen LogP contribution in [0.3, 0.4) is 0 Å². The normalized spacial score (nSPS) is 12.2. The highest BCUT2D eigenvalue weighted by atomic mass is 32.2. The molecule has 0 unspecified atom stereocenters. The average Bonchev–Trinajstić information content (AvgIpc) is 3.22. The van der Waals surface area contributed by atoms with Crippen molar-refractivity contribution in [1.29, 1.82) is 0 Å². The molecule has 7 nitrogen and oxygen atoms in total. The van der Waals surface area contributed by atoms with Gasteiger partial charge in [0.15, 0.2) is 0 Å². The third-order valence-corrected chi connectivity index (χ3v) is 5.65. The van der Waals surface area contributed by atoms with E-state index in [1.54, 1.807) is 6.20 Å². The summed E-state index contributed by atoms with van der Waals surface area (Å²) in [5.74, 6) is 0.320. The topological polar surface area (TPSA) is 73.0 Å². The van der Waals surface area contributed by atoms with E-state index in [0.29, 0.717) is 25.6 Å². The first-order chi connectivity index (χ1) is 13.6. The van der Waals surface area contributed by atoms with E-state index in [-0.39, 0.29) is 5.16 Å². The lowest BCUT2D eigenvalue weighted by Crippen LogP contribution is -2.21. The van der Waals surface area contributed by atoms with E-state index in [2.05, 4.69) is 41.8 Å². The van der Waals surface area contributed by atoms with Gasteiger partial charge < -0.3 is 4.57 Å². The van der Waals surface area contributed by atoms with Crippen LogP contribution in [-0.4, -0.2) is 46.0 Å². The minimum atomic E-state index is -3.36. The van der Waals surface area contributed by atoms with E-state index >= 15 is 0 Å². The smallest absolute Gasteiger partial charge is 0.227 e. The Hall–Kier alpha value is -2.45. The van der Waals surface area contributed by atoms with Crippen molar-refractivity contribution < 1.29 is 8.42 Å². The SMILES string of the molecule is Cc1ccccc1-n1cc(CN(C)Cc2cnc(S(C)(=O)=O)n2CC(C)C)cn1. The van der Waals surface area contributed by atoms with Gasteiger partial charge in [0, 0.05) is 37.7 Å². The second-order valence-corrected chi connectivity index (χ2v) is 9.97. The van der Waals surface area contributed by atoms with E-state index in [9.17, 15) is 8.42 Å². The van der Waals surface area contributed by atoms with Crippen LogP contribution in [0.25, 0.3) is 5.69 Å². The first-order valence-electron chi connectivity index (χ1n) is 9.67. The summed E-state index contributed by atoms with van der Waals surface area (Å²) in [6.07, 6.45) is 6.79. The largest absolute Gasteiger partial charge is 0.317 e. The molecule has 0 amide bonds. The van der Waals surface area contributed by atoms with Crippen molar-refractivity contribution in [3.8, 4) is 5.69 Å². The molecule has 0 saturated heterocycles. The Morgan fingerprint density at radius 3 is 2.52 bits per heavy atom. The van der Waals surface area contributed by atoms with Crippen molar-refractivity contribution in [3.63, 3.8) is 0 Å². The summed E-state index contributed by atoms with van der Waals surface area (Å²) < 4.78 is 27.9. The molecular formula is C21H29N5O2S. The molecule has 0 saturated carbocycles. The fraction of sp³-hybridized carbons (Fsp3) is 0.429. The minimum absolute atomic E-state index is 0.141. The molecule has 0 fully saturated rings. The second kappa shape index (κ2) is 8.51. The van der Waals surface area contributed by atoms with Crippen LogP contribution in [0.1, 0.15) is 30.7 Å². The molecule has 0 spiro atoms. The second-order valence-electron chi connectivity index (χ2n) is 8.06. The maximum absolute atomic E-state index is 12.1. The first-order valence-corrected chi connectivity index (χ1v) is 11.6. The number of aromatic nitrogens is 4. The van der Waals surface area contributed by atoms with Crippen LogP contribution >= 0.6 is 0 Å². The number of aryl methyl sites for hydroxylation is 1. The van der Waals surface area contributed by atoms with Gasteiger partial charge in [0.25, 0.3) is 0 Å². The number of hydrogen-bond donors (Lipinski definition) is 0. The molecule has 0 bridgehead atoms. The molecule has 0 aliphatic heterocycles. The van der Waals surface area contributed by atoms with E-state index in [1.807, 2.05) is 46.9 Å². The number of para-hydroxylation sites is 1. The number of rotatable bonds is 8. The van der Waals surface area contributed by atoms with Crippen LogP contribution < -0.4 is 0 Å². The van der Waals surface area contributed by atoms with Crippen LogP contribution in [0.4, 0.5) is 0 Å². The molecular weight excluding hydrogens is 386 g/mol. The fourth-order valence-corrected chi connectivity index (χ4v) is 4.25. The van der Waals surface area contributed by atoms with Gasteiger partial charge in [-0.1, -0.05) is 32.0 Å². The summed E-state index contributed by atoms with van der Waals surface area (Å²) in [5, 5.41) is 4.63. The molecule has 2 heterocycles. The number of nitrogens with zero attached hydrogens (tertiary/aromatic N) is 5. The predicted octanol–water partition coefficient (Wildman–Crippen LogP) is 3.07. The highest BCUT2D eigenvalue weighted by Gasteiger charge is 2.20. The van der Waals surface area contributed by atoms with E-state index < -0.39 is 9.84 Å². The molecule has 8 heteroatoms. The predicted molar refractivity (Wildman–Crippen MR) is 114 cm³/mol. The minimum Gasteiger partial charge on any atom is -0.317 e. The molecule has 0 aliphatic rings. The maximum atomic E-state index is 12.1. The van der Waals surface area contributed by atoms with Crippen molar-refractivity contribution in [3.05, 3.63) is 59.7 Å². The molecule has 29 heavy (non-hydrogen) atoms. The molecule has 0 N–H and O–H groups in total. The number of imidazole rings is 1. The van der Waals surface area contributed by atoms with Gasteiger partial charge in [-0.3, -0.25) is 4.90 Å². The number of benzene rings is 1. The third kappa shape index (κ3) is 5.13. The third-order valence-electron chi connectivity index (χ3n) is 4.66. The zero-order valence-electron chi connectivity index (χ0n) is 17.7. The van der Waals surface area contributed by atoms with E-state index in [4.69, 9.17) is 0 Å². The van der Waals surface area contributed by atoms with Gasteiger partial charge in [0.05, 0.1) is 23.8 Å². The van der Waals surface area contributed by atoms with E-state index in [1.165, 1.54) is 11.8 Å². The molecule has 3 rings (SSSR count). The molecule has 0 aliphatic carbocycles. The highest BCUT2D eigenvalue weighted by Crippen LogP contribution is 2.17. The van der Waals surface area contributed by atoms with Gasteiger partial charge in [0.2, 0.25) is 15.0 Å². The Kier molecular flexibility index (Phi) is 6.24. The first kappa shape index (κ1) is 21.3. The van der Waals surface area contributed by atoms with Crippen molar-refractivity contribution >= 4 is 9.84 Å². The summed E-state index contributed by atoms with van der Waals surface area (Å²) in [7, 11) is -1.35. The fourth-order valence-electron chi connectivity index (χ4n) is 3.41. The Labute approximate surface area is 172 Å². The van der Waals surface area contributed by atoms with Gasteiger partial charge in [-0.05, 0) is 31.5 Å². The lowest BCUT2D eigenvalue weighted by atomic mass is 10.2. The van der Waals surface area contributed by atoms with Crippen molar-refractivity contribution in [2.75, 3.05) is 13.3 Å². The molecule has 2 aromatic heterocycles. The summed E-state index contributed by atoms with van der Waals surface area (Å²) in [4.78, 5) is 6.32. The van der Waals surface area contributed by atoms with Gasteiger partial charge >= 0.3 is 0 Å². The Morgan fingerprint density at radius 2 is 1.86 bits per heavy atom. The molecule has 3 aromatic rings. The quantitative estimate of drug-likeness (QED) is 0.565. The summed E-state index contributed by atoms with van der Waals surface area (Å²) in [6.45, 7) is 8.13. The van der Waals surface area contributed by atoms with Crippen LogP contribution in [0.2, 0.25) is 0 Å². The number of hydrogen-bond acceptors (Lipinski definition) is 5. The lowest BCUT2D eigenvalue weighted by molar-refractivity contribution is 0.304. The summed E-state index contributed by atoms with van der Waals surface area (Å²) >= 11 is 0. The molecule has 156 valence electrons. The van der Waals surface area contributed by atoms with Gasteiger partial charge in [0.1, 0.15) is 0 Å². The van der Waals surface area contributed by atoms with Crippen LogP contribution in [0.5, 0.6) is 0 Å². The zero-order chi connectivity index (χ0) is 21.2.